The second-order valence-electron chi connectivity index (χ2n) is 6.22. The number of anilines is 1. The maximum atomic E-state index is 12.9. The van der Waals surface area contributed by atoms with Gasteiger partial charge in [0.05, 0.1) is 16.8 Å². The number of nitrogens with zero attached hydrogens (tertiary/aromatic N) is 1. The topological polar surface area (TPSA) is 82.1 Å². The van der Waals surface area contributed by atoms with Gasteiger partial charge in [-0.1, -0.05) is 29.5 Å². The predicted octanol–water partition coefficient (Wildman–Crippen LogP) is 3.79. The van der Waals surface area contributed by atoms with Crippen LogP contribution in [0.5, 0.6) is 0 Å². The van der Waals surface area contributed by atoms with Crippen molar-refractivity contribution >= 4 is 44.1 Å². The van der Waals surface area contributed by atoms with E-state index in [9.17, 15) is 18.0 Å². The highest BCUT2D eigenvalue weighted by molar-refractivity contribution is 7.20. The van der Waals surface area contributed by atoms with E-state index in [0.29, 0.717) is 4.70 Å². The quantitative estimate of drug-likeness (QED) is 0.511. The Morgan fingerprint density at radius 2 is 2.00 bits per heavy atom. The molecule has 0 bridgehead atoms. The Hall–Kier alpha value is -3.20. The summed E-state index contributed by atoms with van der Waals surface area (Å²) in [6, 6.07) is 11.4. The average molecular weight is 403 g/mol. The van der Waals surface area contributed by atoms with E-state index in [-0.39, 0.29) is 22.8 Å². The van der Waals surface area contributed by atoms with Crippen LogP contribution in [0, 0.1) is 0 Å². The highest BCUT2D eigenvalue weighted by atomic mass is 32.1. The molecule has 28 heavy (non-hydrogen) atoms. The molecule has 5 nitrogen and oxygen atoms in total. The monoisotopic (exact) mass is 403 g/mol. The molecule has 2 heterocycles. The van der Waals surface area contributed by atoms with Crippen LogP contribution >= 0.6 is 11.3 Å². The lowest BCUT2D eigenvalue weighted by atomic mass is 10.1. The molecule has 0 aliphatic heterocycles. The largest absolute Gasteiger partial charge is 0.416 e. The molecule has 0 saturated carbocycles. The number of aromatic amines is 1. The van der Waals surface area contributed by atoms with E-state index in [0.717, 1.165) is 39.9 Å². The number of carbonyl (C=O) groups is 1. The molecule has 4 aromatic rings. The predicted molar refractivity (Wildman–Crippen MR) is 101 cm³/mol. The van der Waals surface area contributed by atoms with Crippen LogP contribution in [0.4, 0.5) is 18.9 Å². The number of pyridine rings is 1. The molecule has 4 N–H and O–H groups in total. The Balaban J connectivity index is 1.55. The number of para-hydroxylation sites is 1. The van der Waals surface area contributed by atoms with Crippen molar-refractivity contribution in [2.75, 3.05) is 5.73 Å². The highest BCUT2D eigenvalue weighted by Gasteiger charge is 2.33. The summed E-state index contributed by atoms with van der Waals surface area (Å²) in [5, 5.41) is 3.87. The fourth-order valence-electron chi connectivity index (χ4n) is 2.85. The first kappa shape index (κ1) is 18.2. The number of nitrogen functional groups attached to an aromatic ring is 1. The number of rotatable bonds is 3. The smallest absolute Gasteiger partial charge is 0.397 e. The summed E-state index contributed by atoms with van der Waals surface area (Å²) in [5.74, 6) is -0.428. The van der Waals surface area contributed by atoms with Crippen LogP contribution in [-0.4, -0.2) is 10.9 Å². The molecule has 1 amide bonds. The van der Waals surface area contributed by atoms with Crippen LogP contribution in [0.15, 0.2) is 48.7 Å². The second kappa shape index (κ2) is 6.75. The van der Waals surface area contributed by atoms with Gasteiger partial charge in [-0.15, -0.1) is 0 Å². The third-order valence-electron chi connectivity index (χ3n) is 4.20. The molecule has 0 spiro atoms. The minimum absolute atomic E-state index is 0.0242. The molecule has 2 aromatic carbocycles. The number of H-pyrrole nitrogens is 1. The van der Waals surface area contributed by atoms with Crippen molar-refractivity contribution in [3.8, 4) is 0 Å². The van der Waals surface area contributed by atoms with E-state index in [1.54, 1.807) is 6.20 Å². The Morgan fingerprint density at radius 1 is 1.21 bits per heavy atom. The van der Waals surface area contributed by atoms with E-state index in [1.165, 1.54) is 0 Å². The van der Waals surface area contributed by atoms with E-state index in [4.69, 9.17) is 5.73 Å². The Morgan fingerprint density at radius 3 is 2.79 bits per heavy atom. The second-order valence-corrected chi connectivity index (χ2v) is 7.24. The molecular weight excluding hydrogens is 389 g/mol. The number of aromatic nitrogens is 2. The normalized spacial score (nSPS) is 11.8. The molecule has 4 rings (SSSR count). The van der Waals surface area contributed by atoms with Gasteiger partial charge in [0.15, 0.2) is 0 Å². The van der Waals surface area contributed by atoms with Crippen molar-refractivity contribution in [2.24, 2.45) is 0 Å². The number of carbonyl (C=O) groups excluding carboxylic acids is 1. The zero-order valence-corrected chi connectivity index (χ0v) is 15.1. The SMILES string of the molecule is Nc1cc(C(F)(F)F)cc2[nH+]c(C(=O)NCc3cnc4ccccc4c3)sc12. The molecule has 0 saturated heterocycles. The van der Waals surface area contributed by atoms with E-state index in [1.807, 2.05) is 30.3 Å². The standard InChI is InChI=1S/C19H13F3N4OS/c20-19(21,22)12-6-13(23)16-15(7-12)26-18(28-16)17(27)25-9-10-5-11-3-1-2-4-14(11)24-8-10/h1-8H,9,23H2,(H,25,27)/p+1. The van der Waals surface area contributed by atoms with Gasteiger partial charge in [-0.2, -0.15) is 18.2 Å². The number of halogens is 3. The van der Waals surface area contributed by atoms with Gasteiger partial charge >= 0.3 is 17.1 Å². The Bertz CT molecular complexity index is 1200. The van der Waals surface area contributed by atoms with Crippen LogP contribution in [0.1, 0.15) is 20.9 Å². The van der Waals surface area contributed by atoms with Crippen LogP contribution in [0.25, 0.3) is 21.1 Å². The number of nitrogens with one attached hydrogen (secondary N) is 2. The molecule has 0 radical (unpaired) electrons. The molecule has 9 heteroatoms. The van der Waals surface area contributed by atoms with Gasteiger partial charge in [0, 0.05) is 24.2 Å². The molecule has 0 fully saturated rings. The summed E-state index contributed by atoms with van der Waals surface area (Å²) < 4.78 is 39.2. The Labute approximate surface area is 161 Å². The number of thiazole rings is 1. The molecule has 0 aliphatic rings. The van der Waals surface area contributed by atoms with Gasteiger partial charge in [-0.3, -0.25) is 9.78 Å². The first-order valence-electron chi connectivity index (χ1n) is 8.25. The number of alkyl halides is 3. The zero-order valence-electron chi connectivity index (χ0n) is 14.3. The minimum atomic E-state index is -4.51. The summed E-state index contributed by atoms with van der Waals surface area (Å²) in [5.41, 5.74) is 6.69. The average Bonchev–Trinajstić information content (AvgIpc) is 3.10. The first-order chi connectivity index (χ1) is 13.3. The van der Waals surface area contributed by atoms with Crippen molar-refractivity contribution in [1.29, 1.82) is 0 Å². The number of amides is 1. The lowest BCUT2D eigenvalue weighted by Gasteiger charge is -2.05. The highest BCUT2D eigenvalue weighted by Crippen LogP contribution is 2.35. The summed E-state index contributed by atoms with van der Waals surface area (Å²) in [6.07, 6.45) is -2.84. The fraction of sp³-hybridized carbons (Fsp3) is 0.105. The Kier molecular flexibility index (Phi) is 4.38. The molecule has 0 aliphatic carbocycles. The van der Waals surface area contributed by atoms with Crippen LogP contribution in [0.3, 0.4) is 0 Å². The fourth-order valence-corrected chi connectivity index (χ4v) is 3.78. The van der Waals surface area contributed by atoms with Crippen molar-refractivity contribution in [3.63, 3.8) is 0 Å². The third kappa shape index (κ3) is 3.48. The van der Waals surface area contributed by atoms with Gasteiger partial charge in [0.25, 0.3) is 0 Å². The molecular formula is C19H14F3N4OS+. The molecule has 0 atom stereocenters. The lowest BCUT2D eigenvalue weighted by molar-refractivity contribution is -0.342. The maximum Gasteiger partial charge on any atom is 0.416 e. The first-order valence-corrected chi connectivity index (χ1v) is 9.07. The van der Waals surface area contributed by atoms with Crippen molar-refractivity contribution in [3.05, 3.63) is 64.8 Å². The molecule has 2 aromatic heterocycles. The van der Waals surface area contributed by atoms with Crippen molar-refractivity contribution in [2.45, 2.75) is 12.7 Å². The number of fused-ring (bicyclic) bond motifs is 2. The number of nitrogens with two attached hydrogens (primary N) is 1. The van der Waals surface area contributed by atoms with Crippen molar-refractivity contribution < 1.29 is 22.9 Å². The van der Waals surface area contributed by atoms with Gasteiger partial charge in [0.1, 0.15) is 4.70 Å². The number of hydrogen-bond donors (Lipinski definition) is 2. The summed E-state index contributed by atoms with van der Waals surface area (Å²) in [4.78, 5) is 19.5. The summed E-state index contributed by atoms with van der Waals surface area (Å²) in [6.45, 7) is 0.238. The lowest BCUT2D eigenvalue weighted by Crippen LogP contribution is -2.27. The van der Waals surface area contributed by atoms with Crippen LogP contribution < -0.4 is 16.0 Å². The number of hydrogen-bond acceptors (Lipinski definition) is 4. The van der Waals surface area contributed by atoms with Gasteiger partial charge < -0.3 is 11.1 Å². The molecule has 142 valence electrons. The van der Waals surface area contributed by atoms with Gasteiger partial charge in [-0.05, 0) is 23.8 Å². The van der Waals surface area contributed by atoms with E-state index < -0.39 is 17.6 Å². The van der Waals surface area contributed by atoms with Crippen LogP contribution in [-0.2, 0) is 12.7 Å². The van der Waals surface area contributed by atoms with E-state index >= 15 is 0 Å². The minimum Gasteiger partial charge on any atom is -0.397 e. The maximum absolute atomic E-state index is 12.9. The van der Waals surface area contributed by atoms with Crippen LogP contribution in [0.2, 0.25) is 0 Å². The van der Waals surface area contributed by atoms with Gasteiger partial charge in [0.2, 0.25) is 5.52 Å². The molecule has 0 unspecified atom stereocenters. The van der Waals surface area contributed by atoms with E-state index in [2.05, 4.69) is 15.3 Å². The van der Waals surface area contributed by atoms with Gasteiger partial charge in [-0.25, -0.2) is 0 Å². The zero-order chi connectivity index (χ0) is 19.9. The summed E-state index contributed by atoms with van der Waals surface area (Å²) >= 11 is 1.01. The number of benzene rings is 2. The van der Waals surface area contributed by atoms with Crippen molar-refractivity contribution in [1.82, 2.24) is 10.3 Å². The third-order valence-corrected chi connectivity index (χ3v) is 5.36. The summed E-state index contributed by atoms with van der Waals surface area (Å²) in [7, 11) is 0.